The molecular formula is C13H21BO4. The molecule has 0 heterocycles. The monoisotopic (exact) mass is 252 g/mol. The van der Waals surface area contributed by atoms with Crippen molar-refractivity contribution in [3.8, 4) is 0 Å². The Kier molecular flexibility index (Phi) is 5.82. The highest BCUT2D eigenvalue weighted by atomic mass is 16.5. The molecule has 0 aliphatic rings. The van der Waals surface area contributed by atoms with Crippen LogP contribution in [-0.2, 0) is 16.1 Å². The van der Waals surface area contributed by atoms with Gasteiger partial charge in [0.1, 0.15) is 0 Å². The molecule has 18 heavy (non-hydrogen) atoms. The summed E-state index contributed by atoms with van der Waals surface area (Å²) in [6, 6.07) is 6.99. The number of hydrogen-bond acceptors (Lipinski definition) is 4. The van der Waals surface area contributed by atoms with Gasteiger partial charge >= 0.3 is 7.12 Å². The minimum Gasteiger partial charge on any atom is -0.423 e. The zero-order chi connectivity index (χ0) is 13.6. The Balaban J connectivity index is 2.23. The van der Waals surface area contributed by atoms with Gasteiger partial charge in [0, 0.05) is 0 Å². The zero-order valence-electron chi connectivity index (χ0n) is 11.2. The standard InChI is InChI=1S/C13H21BO4/c1-13(2,3)18-9-8-17-10-11-4-6-12(7-5-11)14(15)16/h4-7,15-16H,8-10H2,1-3H3. The van der Waals surface area contributed by atoms with Crippen molar-refractivity contribution in [2.45, 2.75) is 33.0 Å². The molecule has 0 aromatic heterocycles. The summed E-state index contributed by atoms with van der Waals surface area (Å²) in [5.41, 5.74) is 1.34. The molecule has 0 aliphatic carbocycles. The molecule has 0 aliphatic heterocycles. The minimum absolute atomic E-state index is 0.137. The van der Waals surface area contributed by atoms with Crippen molar-refractivity contribution in [3.05, 3.63) is 29.8 Å². The molecule has 5 heteroatoms. The molecule has 1 rings (SSSR count). The molecule has 0 fully saturated rings. The maximum Gasteiger partial charge on any atom is 0.488 e. The van der Waals surface area contributed by atoms with E-state index in [1.807, 2.05) is 32.9 Å². The first-order chi connectivity index (χ1) is 8.38. The van der Waals surface area contributed by atoms with Crippen molar-refractivity contribution in [1.82, 2.24) is 0 Å². The van der Waals surface area contributed by atoms with Crippen LogP contribution < -0.4 is 5.46 Å². The summed E-state index contributed by atoms with van der Waals surface area (Å²) < 4.78 is 11.0. The van der Waals surface area contributed by atoms with Crippen LogP contribution in [0.3, 0.4) is 0 Å². The van der Waals surface area contributed by atoms with E-state index in [0.717, 1.165) is 5.56 Å². The van der Waals surface area contributed by atoms with E-state index in [4.69, 9.17) is 19.5 Å². The third kappa shape index (κ3) is 6.16. The molecule has 0 saturated carbocycles. The average Bonchev–Trinajstić information content (AvgIpc) is 2.27. The molecule has 0 saturated heterocycles. The summed E-state index contributed by atoms with van der Waals surface area (Å²) >= 11 is 0. The lowest BCUT2D eigenvalue weighted by Gasteiger charge is -2.19. The normalized spacial score (nSPS) is 11.6. The highest BCUT2D eigenvalue weighted by molar-refractivity contribution is 6.58. The van der Waals surface area contributed by atoms with E-state index in [-0.39, 0.29) is 5.60 Å². The van der Waals surface area contributed by atoms with E-state index in [1.165, 1.54) is 0 Å². The van der Waals surface area contributed by atoms with Gasteiger partial charge in [-0.2, -0.15) is 0 Å². The largest absolute Gasteiger partial charge is 0.488 e. The Bertz CT molecular complexity index is 343. The molecule has 1 aromatic carbocycles. The van der Waals surface area contributed by atoms with Crippen molar-refractivity contribution in [2.24, 2.45) is 0 Å². The lowest BCUT2D eigenvalue weighted by Crippen LogP contribution is -2.29. The van der Waals surface area contributed by atoms with Crippen LogP contribution in [0.5, 0.6) is 0 Å². The van der Waals surface area contributed by atoms with Crippen molar-refractivity contribution in [1.29, 1.82) is 0 Å². The summed E-state index contributed by atoms with van der Waals surface area (Å²) in [5.74, 6) is 0. The number of rotatable bonds is 6. The van der Waals surface area contributed by atoms with Crippen LogP contribution in [0.25, 0.3) is 0 Å². The van der Waals surface area contributed by atoms with Gasteiger partial charge in [0.15, 0.2) is 0 Å². The summed E-state index contributed by atoms with van der Waals surface area (Å²) in [7, 11) is -1.42. The Morgan fingerprint density at radius 1 is 1.06 bits per heavy atom. The van der Waals surface area contributed by atoms with E-state index in [1.54, 1.807) is 12.1 Å². The number of benzene rings is 1. The summed E-state index contributed by atoms with van der Waals surface area (Å²) in [6.45, 7) is 7.62. The van der Waals surface area contributed by atoms with Crippen LogP contribution in [0, 0.1) is 0 Å². The van der Waals surface area contributed by atoms with Crippen LogP contribution in [0.1, 0.15) is 26.3 Å². The first-order valence-corrected chi connectivity index (χ1v) is 6.05. The van der Waals surface area contributed by atoms with E-state index in [9.17, 15) is 0 Å². The Morgan fingerprint density at radius 3 is 2.17 bits per heavy atom. The molecule has 4 nitrogen and oxygen atoms in total. The number of hydrogen-bond donors (Lipinski definition) is 2. The van der Waals surface area contributed by atoms with Crippen molar-refractivity contribution in [3.63, 3.8) is 0 Å². The molecule has 1 aromatic rings. The van der Waals surface area contributed by atoms with Gasteiger partial charge in [-0.1, -0.05) is 24.3 Å². The van der Waals surface area contributed by atoms with E-state index < -0.39 is 7.12 Å². The van der Waals surface area contributed by atoms with E-state index in [0.29, 0.717) is 25.3 Å². The lowest BCUT2D eigenvalue weighted by atomic mass is 9.80. The molecule has 0 atom stereocenters. The Morgan fingerprint density at radius 2 is 1.67 bits per heavy atom. The second kappa shape index (κ2) is 6.90. The van der Waals surface area contributed by atoms with E-state index in [2.05, 4.69) is 0 Å². The molecule has 0 amide bonds. The van der Waals surface area contributed by atoms with Gasteiger partial charge in [0.25, 0.3) is 0 Å². The van der Waals surface area contributed by atoms with Gasteiger partial charge < -0.3 is 19.5 Å². The van der Waals surface area contributed by atoms with E-state index >= 15 is 0 Å². The fraction of sp³-hybridized carbons (Fsp3) is 0.538. The summed E-state index contributed by atoms with van der Waals surface area (Å²) in [6.07, 6.45) is 0. The van der Waals surface area contributed by atoms with Gasteiger partial charge in [-0.15, -0.1) is 0 Å². The van der Waals surface area contributed by atoms with Crippen molar-refractivity contribution < 1.29 is 19.5 Å². The third-order valence-electron chi connectivity index (χ3n) is 2.31. The maximum atomic E-state index is 8.94. The summed E-state index contributed by atoms with van der Waals surface area (Å²) in [5, 5.41) is 17.9. The van der Waals surface area contributed by atoms with Gasteiger partial charge in [-0.05, 0) is 31.8 Å². The zero-order valence-corrected chi connectivity index (χ0v) is 11.2. The smallest absolute Gasteiger partial charge is 0.423 e. The van der Waals surface area contributed by atoms with Gasteiger partial charge in [-0.25, -0.2) is 0 Å². The summed E-state index contributed by atoms with van der Waals surface area (Å²) in [4.78, 5) is 0. The highest BCUT2D eigenvalue weighted by Gasteiger charge is 2.10. The fourth-order valence-electron chi connectivity index (χ4n) is 1.38. The predicted molar refractivity (Wildman–Crippen MR) is 71.6 cm³/mol. The van der Waals surface area contributed by atoms with Crippen LogP contribution in [-0.4, -0.2) is 36.0 Å². The predicted octanol–water partition coefficient (Wildman–Crippen LogP) is 0.698. The SMILES string of the molecule is CC(C)(C)OCCOCc1ccc(B(O)O)cc1. The highest BCUT2D eigenvalue weighted by Crippen LogP contribution is 2.06. The van der Waals surface area contributed by atoms with Crippen LogP contribution >= 0.6 is 0 Å². The third-order valence-corrected chi connectivity index (χ3v) is 2.31. The first kappa shape index (κ1) is 15.2. The van der Waals surface area contributed by atoms with Crippen molar-refractivity contribution in [2.75, 3.05) is 13.2 Å². The van der Waals surface area contributed by atoms with Crippen LogP contribution in [0.15, 0.2) is 24.3 Å². The second-order valence-corrected chi connectivity index (χ2v) is 5.13. The quantitative estimate of drug-likeness (QED) is 0.578. The molecule has 0 unspecified atom stereocenters. The molecular weight excluding hydrogens is 231 g/mol. The molecule has 100 valence electrons. The van der Waals surface area contributed by atoms with Crippen LogP contribution in [0.2, 0.25) is 0 Å². The number of ether oxygens (including phenoxy) is 2. The van der Waals surface area contributed by atoms with Gasteiger partial charge in [-0.3, -0.25) is 0 Å². The Labute approximate surface area is 109 Å². The minimum atomic E-state index is -1.42. The lowest BCUT2D eigenvalue weighted by molar-refractivity contribution is -0.0376. The molecule has 2 N–H and O–H groups in total. The average molecular weight is 252 g/mol. The Hall–Kier alpha value is -0.875. The van der Waals surface area contributed by atoms with Gasteiger partial charge in [0.05, 0.1) is 25.4 Å². The second-order valence-electron chi connectivity index (χ2n) is 5.13. The van der Waals surface area contributed by atoms with Gasteiger partial charge in [0.2, 0.25) is 0 Å². The molecule has 0 spiro atoms. The molecule has 0 bridgehead atoms. The van der Waals surface area contributed by atoms with Crippen LogP contribution in [0.4, 0.5) is 0 Å². The fourth-order valence-corrected chi connectivity index (χ4v) is 1.38. The molecule has 0 radical (unpaired) electrons. The van der Waals surface area contributed by atoms with Crippen molar-refractivity contribution >= 4 is 12.6 Å². The maximum absolute atomic E-state index is 8.94. The first-order valence-electron chi connectivity index (χ1n) is 6.05. The topological polar surface area (TPSA) is 58.9 Å².